The van der Waals surface area contributed by atoms with E-state index < -0.39 is 0 Å². The summed E-state index contributed by atoms with van der Waals surface area (Å²) in [5, 5.41) is 11.4. The standard InChI is InChI=1S/C50H32N2/c1-4-12-33(13-5-1)35-21-24-42-43-25-22-36(31-46(43)41-19-11-10-18-40(41)45(42)30-35)37-23-27-48-47(32-37)44-26-20-34-28-29-51(38-14-6-2-7-15-38)49(34)50(44)52(48)39-16-8-3-9-17-39/h1-32H. The zero-order valence-electron chi connectivity index (χ0n) is 28.4. The van der Waals surface area contributed by atoms with E-state index in [0.717, 1.165) is 11.4 Å². The van der Waals surface area contributed by atoms with Crippen LogP contribution in [-0.2, 0) is 0 Å². The zero-order chi connectivity index (χ0) is 34.2. The van der Waals surface area contributed by atoms with Crippen LogP contribution in [0.2, 0.25) is 0 Å². The molecule has 0 radical (unpaired) electrons. The number of nitrogens with zero attached hydrogens (tertiary/aromatic N) is 2. The Labute approximate surface area is 301 Å². The average Bonchev–Trinajstić information content (AvgIpc) is 3.81. The first kappa shape index (κ1) is 28.9. The lowest BCUT2D eigenvalue weighted by Gasteiger charge is -2.14. The Kier molecular flexibility index (Phi) is 6.28. The molecule has 2 heteroatoms. The van der Waals surface area contributed by atoms with Crippen molar-refractivity contribution in [3.63, 3.8) is 0 Å². The van der Waals surface area contributed by atoms with Gasteiger partial charge in [0.1, 0.15) is 0 Å². The van der Waals surface area contributed by atoms with Crippen molar-refractivity contribution in [1.82, 2.24) is 9.13 Å². The first-order valence-corrected chi connectivity index (χ1v) is 17.9. The lowest BCUT2D eigenvalue weighted by molar-refractivity contribution is 1.12. The summed E-state index contributed by atoms with van der Waals surface area (Å²) >= 11 is 0. The largest absolute Gasteiger partial charge is 0.315 e. The fourth-order valence-electron chi connectivity index (χ4n) is 8.50. The Balaban J connectivity index is 1.15. The Bertz CT molecular complexity index is 3130. The van der Waals surface area contributed by atoms with Crippen LogP contribution in [0.25, 0.3) is 98.7 Å². The van der Waals surface area contributed by atoms with Gasteiger partial charge in [0.25, 0.3) is 0 Å². The molecule has 0 saturated heterocycles. The summed E-state index contributed by atoms with van der Waals surface area (Å²) in [6.07, 6.45) is 2.20. The van der Waals surface area contributed by atoms with Crippen LogP contribution in [0.4, 0.5) is 0 Å². The molecule has 0 spiro atoms. The van der Waals surface area contributed by atoms with Gasteiger partial charge in [-0.05, 0) is 109 Å². The van der Waals surface area contributed by atoms with E-state index in [-0.39, 0.29) is 0 Å². The van der Waals surface area contributed by atoms with Crippen LogP contribution < -0.4 is 0 Å². The number of rotatable bonds is 4. The van der Waals surface area contributed by atoms with Gasteiger partial charge >= 0.3 is 0 Å². The molecule has 0 N–H and O–H groups in total. The van der Waals surface area contributed by atoms with Gasteiger partial charge in [-0.15, -0.1) is 0 Å². The molecule has 0 fully saturated rings. The third kappa shape index (κ3) is 4.31. The highest BCUT2D eigenvalue weighted by molar-refractivity contribution is 6.26. The summed E-state index contributed by atoms with van der Waals surface area (Å²) in [6, 6.07) is 68.8. The Morgan fingerprint density at radius 2 is 0.788 bits per heavy atom. The Morgan fingerprint density at radius 1 is 0.288 bits per heavy atom. The quantitative estimate of drug-likeness (QED) is 0.166. The predicted octanol–water partition coefficient (Wildman–Crippen LogP) is 13.5. The second-order valence-corrected chi connectivity index (χ2v) is 13.8. The van der Waals surface area contributed by atoms with Crippen molar-refractivity contribution < 1.29 is 0 Å². The molecule has 2 heterocycles. The van der Waals surface area contributed by atoms with Crippen molar-refractivity contribution in [2.75, 3.05) is 0 Å². The van der Waals surface area contributed by atoms with Crippen LogP contribution in [0.3, 0.4) is 0 Å². The molecule has 0 bridgehead atoms. The first-order valence-electron chi connectivity index (χ1n) is 17.9. The lowest BCUT2D eigenvalue weighted by atomic mass is 9.90. The number of fused-ring (bicyclic) bond motifs is 11. The number of hydrogen-bond donors (Lipinski definition) is 0. The van der Waals surface area contributed by atoms with E-state index in [4.69, 9.17) is 0 Å². The van der Waals surface area contributed by atoms with Crippen molar-refractivity contribution in [2.45, 2.75) is 0 Å². The molecule has 2 aromatic heterocycles. The second-order valence-electron chi connectivity index (χ2n) is 13.8. The van der Waals surface area contributed by atoms with E-state index in [1.807, 2.05) is 0 Å². The minimum absolute atomic E-state index is 1.16. The van der Waals surface area contributed by atoms with Gasteiger partial charge in [0, 0.05) is 33.7 Å². The number of para-hydroxylation sites is 2. The SMILES string of the molecule is c1ccc(-c2ccc3c4ccc(-c5ccc6c(c5)c5ccc7ccn(-c8ccccc8)c7c5n6-c5ccccc5)cc4c4ccccc4c3c2)cc1. The van der Waals surface area contributed by atoms with Gasteiger partial charge in [-0.1, -0.05) is 133 Å². The molecule has 0 aliphatic carbocycles. The molecule has 0 atom stereocenters. The molecule has 11 aromatic rings. The van der Waals surface area contributed by atoms with Crippen LogP contribution in [0.1, 0.15) is 0 Å². The highest BCUT2D eigenvalue weighted by Crippen LogP contribution is 2.42. The van der Waals surface area contributed by atoms with E-state index in [9.17, 15) is 0 Å². The maximum Gasteiger partial charge on any atom is 0.0788 e. The van der Waals surface area contributed by atoms with Crippen LogP contribution in [0.5, 0.6) is 0 Å². The van der Waals surface area contributed by atoms with Crippen LogP contribution in [0.15, 0.2) is 194 Å². The molecule has 2 nitrogen and oxygen atoms in total. The summed E-state index contributed by atoms with van der Waals surface area (Å²) in [7, 11) is 0. The normalized spacial score (nSPS) is 11.8. The first-order chi connectivity index (χ1) is 25.8. The van der Waals surface area contributed by atoms with E-state index in [1.165, 1.54) is 87.3 Å². The van der Waals surface area contributed by atoms with Crippen LogP contribution in [0, 0.1) is 0 Å². The fourth-order valence-corrected chi connectivity index (χ4v) is 8.50. The lowest BCUT2D eigenvalue weighted by Crippen LogP contribution is -1.97. The van der Waals surface area contributed by atoms with Crippen LogP contribution >= 0.6 is 0 Å². The summed E-state index contributed by atoms with van der Waals surface area (Å²) in [6.45, 7) is 0. The van der Waals surface area contributed by atoms with Crippen molar-refractivity contribution in [1.29, 1.82) is 0 Å². The molecule has 0 saturated carbocycles. The highest BCUT2D eigenvalue weighted by atomic mass is 15.0. The van der Waals surface area contributed by atoms with Gasteiger partial charge in [0.2, 0.25) is 0 Å². The van der Waals surface area contributed by atoms with Crippen molar-refractivity contribution >= 4 is 65.0 Å². The molecule has 0 aliphatic heterocycles. The molecule has 242 valence electrons. The molecular formula is C50H32N2. The van der Waals surface area contributed by atoms with E-state index in [0.29, 0.717) is 0 Å². The summed E-state index contributed by atoms with van der Waals surface area (Å²) in [5.74, 6) is 0. The molecular weight excluding hydrogens is 629 g/mol. The maximum atomic E-state index is 2.44. The number of hydrogen-bond acceptors (Lipinski definition) is 0. The second kappa shape index (κ2) is 11.3. The summed E-state index contributed by atoms with van der Waals surface area (Å²) < 4.78 is 4.78. The summed E-state index contributed by atoms with van der Waals surface area (Å²) in [5.41, 5.74) is 10.8. The van der Waals surface area contributed by atoms with Gasteiger partial charge in [-0.2, -0.15) is 0 Å². The smallest absolute Gasteiger partial charge is 0.0788 e. The zero-order valence-corrected chi connectivity index (χ0v) is 28.4. The molecule has 52 heavy (non-hydrogen) atoms. The van der Waals surface area contributed by atoms with Crippen molar-refractivity contribution in [3.8, 4) is 33.6 Å². The molecule has 9 aromatic carbocycles. The monoisotopic (exact) mass is 660 g/mol. The number of benzene rings is 9. The predicted molar refractivity (Wildman–Crippen MR) is 221 cm³/mol. The van der Waals surface area contributed by atoms with Gasteiger partial charge in [-0.3, -0.25) is 0 Å². The van der Waals surface area contributed by atoms with E-state index in [2.05, 4.69) is 203 Å². The third-order valence-corrected chi connectivity index (χ3v) is 10.9. The maximum absolute atomic E-state index is 2.44. The number of aromatic nitrogens is 2. The Morgan fingerprint density at radius 3 is 1.44 bits per heavy atom. The average molecular weight is 661 g/mol. The minimum Gasteiger partial charge on any atom is -0.315 e. The van der Waals surface area contributed by atoms with Gasteiger partial charge in [-0.25, -0.2) is 0 Å². The molecule has 0 unspecified atom stereocenters. The van der Waals surface area contributed by atoms with Crippen molar-refractivity contribution in [3.05, 3.63) is 194 Å². The van der Waals surface area contributed by atoms with Gasteiger partial charge in [0.05, 0.1) is 16.6 Å². The Hall–Kier alpha value is -6.90. The van der Waals surface area contributed by atoms with E-state index in [1.54, 1.807) is 0 Å². The third-order valence-electron chi connectivity index (χ3n) is 10.9. The summed E-state index contributed by atoms with van der Waals surface area (Å²) in [4.78, 5) is 0. The van der Waals surface area contributed by atoms with E-state index >= 15 is 0 Å². The highest BCUT2D eigenvalue weighted by Gasteiger charge is 2.19. The van der Waals surface area contributed by atoms with Crippen LogP contribution in [-0.4, -0.2) is 9.13 Å². The van der Waals surface area contributed by atoms with Gasteiger partial charge < -0.3 is 9.13 Å². The topological polar surface area (TPSA) is 9.86 Å². The molecule has 0 amide bonds. The fraction of sp³-hybridized carbons (Fsp3) is 0. The molecule has 0 aliphatic rings. The van der Waals surface area contributed by atoms with Gasteiger partial charge in [0.15, 0.2) is 0 Å². The van der Waals surface area contributed by atoms with Crippen molar-refractivity contribution in [2.24, 2.45) is 0 Å². The molecule has 11 rings (SSSR count). The minimum atomic E-state index is 1.16.